The fourth-order valence-electron chi connectivity index (χ4n) is 2.13. The minimum Gasteiger partial charge on any atom is -0.497 e. The Morgan fingerprint density at radius 3 is 2.27 bits per heavy atom. The predicted molar refractivity (Wildman–Crippen MR) is 92.6 cm³/mol. The van der Waals surface area contributed by atoms with Gasteiger partial charge in [0.25, 0.3) is 5.91 Å². The first-order valence-electron chi connectivity index (χ1n) is 7.55. The average Bonchev–Trinajstić information content (AvgIpc) is 2.66. The third-order valence-corrected chi connectivity index (χ3v) is 3.45. The highest BCUT2D eigenvalue weighted by Crippen LogP contribution is 2.20. The minimum atomic E-state index is -0.871. The number of hydrogen-bond donors (Lipinski definition) is 2. The molecule has 1 heterocycles. The summed E-state index contributed by atoms with van der Waals surface area (Å²) in [5, 5.41) is 5.16. The van der Waals surface area contributed by atoms with E-state index in [4.69, 9.17) is 4.74 Å². The van der Waals surface area contributed by atoms with Crippen LogP contribution in [-0.2, 0) is 0 Å². The van der Waals surface area contributed by atoms with Crippen LogP contribution in [0.3, 0.4) is 0 Å². The molecule has 132 valence electrons. The van der Waals surface area contributed by atoms with Gasteiger partial charge in [-0.15, -0.1) is 0 Å². The van der Waals surface area contributed by atoms with Crippen LogP contribution in [0.25, 0.3) is 0 Å². The molecule has 6 nitrogen and oxygen atoms in total. The van der Waals surface area contributed by atoms with Gasteiger partial charge in [-0.2, -0.15) is 0 Å². The molecule has 0 saturated heterocycles. The van der Waals surface area contributed by atoms with Gasteiger partial charge in [-0.05, 0) is 36.4 Å². The summed E-state index contributed by atoms with van der Waals surface area (Å²) in [5.41, 5.74) is 0.151. The fraction of sp³-hybridized carbons (Fsp3) is 0.0556. The molecule has 26 heavy (non-hydrogen) atoms. The highest BCUT2D eigenvalue weighted by molar-refractivity contribution is 6.02. The van der Waals surface area contributed by atoms with Crippen molar-refractivity contribution in [1.29, 1.82) is 0 Å². The molecule has 0 fully saturated rings. The second-order valence-corrected chi connectivity index (χ2v) is 5.19. The molecule has 0 saturated carbocycles. The number of anilines is 3. The molecule has 0 radical (unpaired) electrons. The molecule has 0 spiro atoms. The SMILES string of the molecule is COc1ccc(Nc2cnc(C(=O)Nc3c(F)cccc3F)cn2)cc1. The number of para-hydroxylation sites is 1. The maximum atomic E-state index is 13.6. The largest absolute Gasteiger partial charge is 0.497 e. The van der Waals surface area contributed by atoms with Crippen molar-refractivity contribution in [1.82, 2.24) is 9.97 Å². The van der Waals surface area contributed by atoms with Crippen LogP contribution in [-0.4, -0.2) is 23.0 Å². The molecule has 1 amide bonds. The maximum absolute atomic E-state index is 13.6. The zero-order valence-electron chi connectivity index (χ0n) is 13.7. The van der Waals surface area contributed by atoms with Crippen LogP contribution in [0, 0.1) is 11.6 Å². The Bertz CT molecular complexity index is 895. The molecular formula is C18H14F2N4O2. The van der Waals surface area contributed by atoms with Crippen molar-refractivity contribution in [3.63, 3.8) is 0 Å². The summed E-state index contributed by atoms with van der Waals surface area (Å²) in [4.78, 5) is 20.1. The van der Waals surface area contributed by atoms with Crippen LogP contribution >= 0.6 is 0 Å². The van der Waals surface area contributed by atoms with E-state index >= 15 is 0 Å². The highest BCUT2D eigenvalue weighted by Gasteiger charge is 2.14. The monoisotopic (exact) mass is 356 g/mol. The van der Waals surface area contributed by atoms with Crippen molar-refractivity contribution in [3.05, 3.63) is 72.2 Å². The smallest absolute Gasteiger partial charge is 0.276 e. The molecule has 0 aliphatic rings. The molecule has 3 rings (SSSR count). The van der Waals surface area contributed by atoms with Crippen LogP contribution < -0.4 is 15.4 Å². The number of carbonyl (C=O) groups is 1. The molecule has 0 bridgehead atoms. The Morgan fingerprint density at radius 2 is 1.69 bits per heavy atom. The zero-order valence-corrected chi connectivity index (χ0v) is 13.7. The molecule has 0 aliphatic heterocycles. The Hall–Kier alpha value is -3.55. The summed E-state index contributed by atoms with van der Waals surface area (Å²) < 4.78 is 32.2. The van der Waals surface area contributed by atoms with E-state index in [-0.39, 0.29) is 5.69 Å². The second-order valence-electron chi connectivity index (χ2n) is 5.19. The van der Waals surface area contributed by atoms with Gasteiger partial charge in [-0.25, -0.2) is 18.7 Å². The van der Waals surface area contributed by atoms with Crippen molar-refractivity contribution in [3.8, 4) is 5.75 Å². The molecule has 0 unspecified atom stereocenters. The topological polar surface area (TPSA) is 76.1 Å². The standard InChI is InChI=1S/C18H14F2N4O2/c1-26-12-7-5-11(6-8-12)23-16-10-21-15(9-22-16)18(25)24-17-13(19)3-2-4-14(17)20/h2-10H,1H3,(H,22,23)(H,24,25). The van der Waals surface area contributed by atoms with E-state index in [2.05, 4.69) is 20.6 Å². The first kappa shape index (κ1) is 17.3. The van der Waals surface area contributed by atoms with E-state index in [0.29, 0.717) is 11.6 Å². The van der Waals surface area contributed by atoms with Gasteiger partial charge in [0.15, 0.2) is 0 Å². The third-order valence-electron chi connectivity index (χ3n) is 3.45. The molecule has 2 aromatic carbocycles. The number of rotatable bonds is 5. The summed E-state index contributed by atoms with van der Waals surface area (Å²) in [6.07, 6.45) is 2.55. The normalized spacial score (nSPS) is 10.3. The van der Waals surface area contributed by atoms with Gasteiger partial charge >= 0.3 is 0 Å². The lowest BCUT2D eigenvalue weighted by Crippen LogP contribution is -2.16. The number of benzene rings is 2. The summed E-state index contributed by atoms with van der Waals surface area (Å²) >= 11 is 0. The number of methoxy groups -OCH3 is 1. The number of aromatic nitrogens is 2. The first-order chi connectivity index (χ1) is 12.6. The van der Waals surface area contributed by atoms with Gasteiger partial charge in [0.1, 0.15) is 34.6 Å². The van der Waals surface area contributed by atoms with Crippen LogP contribution in [0.15, 0.2) is 54.9 Å². The van der Waals surface area contributed by atoms with E-state index in [1.165, 1.54) is 18.5 Å². The predicted octanol–water partition coefficient (Wildman–Crippen LogP) is 3.76. The lowest BCUT2D eigenvalue weighted by molar-refractivity contribution is 0.102. The number of ether oxygens (including phenoxy) is 1. The lowest BCUT2D eigenvalue weighted by atomic mass is 10.2. The molecule has 8 heteroatoms. The zero-order chi connectivity index (χ0) is 18.5. The summed E-state index contributed by atoms with van der Waals surface area (Å²) in [6.45, 7) is 0. The highest BCUT2D eigenvalue weighted by atomic mass is 19.1. The van der Waals surface area contributed by atoms with E-state index in [0.717, 1.165) is 17.8 Å². The van der Waals surface area contributed by atoms with Crippen molar-refractivity contribution in [2.24, 2.45) is 0 Å². The van der Waals surface area contributed by atoms with E-state index in [9.17, 15) is 13.6 Å². The number of hydrogen-bond acceptors (Lipinski definition) is 5. The van der Waals surface area contributed by atoms with Gasteiger partial charge in [0, 0.05) is 5.69 Å². The molecule has 0 atom stereocenters. The number of carbonyl (C=O) groups excluding carboxylic acids is 1. The first-order valence-corrected chi connectivity index (χ1v) is 7.55. The maximum Gasteiger partial charge on any atom is 0.276 e. The Labute approximate surface area is 147 Å². The Kier molecular flexibility index (Phi) is 5.02. The van der Waals surface area contributed by atoms with Crippen LogP contribution in [0.2, 0.25) is 0 Å². The van der Waals surface area contributed by atoms with Gasteiger partial charge in [0.05, 0.1) is 19.5 Å². The summed E-state index contributed by atoms with van der Waals surface area (Å²) in [7, 11) is 1.57. The van der Waals surface area contributed by atoms with Crippen LogP contribution in [0.5, 0.6) is 5.75 Å². The third kappa shape index (κ3) is 3.92. The quantitative estimate of drug-likeness (QED) is 0.728. The van der Waals surface area contributed by atoms with Crippen molar-refractivity contribution in [2.45, 2.75) is 0 Å². The summed E-state index contributed by atoms with van der Waals surface area (Å²) in [5.74, 6) is -1.39. The van der Waals surface area contributed by atoms with E-state index in [1.54, 1.807) is 31.4 Å². The number of nitrogens with zero attached hydrogens (tertiary/aromatic N) is 2. The van der Waals surface area contributed by atoms with E-state index < -0.39 is 23.2 Å². The second kappa shape index (κ2) is 7.56. The fourth-order valence-corrected chi connectivity index (χ4v) is 2.13. The average molecular weight is 356 g/mol. The van der Waals surface area contributed by atoms with Gasteiger partial charge in [-0.3, -0.25) is 4.79 Å². The molecule has 2 N–H and O–H groups in total. The molecule has 3 aromatic rings. The van der Waals surface area contributed by atoms with Crippen LogP contribution in [0.4, 0.5) is 26.0 Å². The molecular weight excluding hydrogens is 342 g/mol. The van der Waals surface area contributed by atoms with Crippen molar-refractivity contribution >= 4 is 23.1 Å². The van der Waals surface area contributed by atoms with Gasteiger partial charge < -0.3 is 15.4 Å². The number of halogens is 2. The number of amides is 1. The minimum absolute atomic E-state index is 0.0760. The Morgan fingerprint density at radius 1 is 1.00 bits per heavy atom. The lowest BCUT2D eigenvalue weighted by Gasteiger charge is -2.08. The van der Waals surface area contributed by atoms with Gasteiger partial charge in [0.2, 0.25) is 0 Å². The molecule has 1 aromatic heterocycles. The molecule has 0 aliphatic carbocycles. The van der Waals surface area contributed by atoms with Gasteiger partial charge in [-0.1, -0.05) is 6.07 Å². The Balaban J connectivity index is 1.69. The number of nitrogens with one attached hydrogen (secondary N) is 2. The summed E-state index contributed by atoms with van der Waals surface area (Å²) in [6, 6.07) is 10.4. The van der Waals surface area contributed by atoms with E-state index in [1.807, 2.05) is 0 Å². The van der Waals surface area contributed by atoms with Crippen molar-refractivity contribution < 1.29 is 18.3 Å². The van der Waals surface area contributed by atoms with Crippen LogP contribution in [0.1, 0.15) is 10.5 Å². The van der Waals surface area contributed by atoms with Crippen molar-refractivity contribution in [2.75, 3.05) is 17.7 Å².